The highest BCUT2D eigenvalue weighted by Gasteiger charge is 2.09. The smallest absolute Gasteiger partial charge is 0.336 e. The first kappa shape index (κ1) is 11.2. The molecule has 3 nitrogen and oxygen atoms in total. The molecule has 1 aromatic rings. The van der Waals surface area contributed by atoms with Crippen molar-refractivity contribution in [1.29, 1.82) is 0 Å². The van der Waals surface area contributed by atoms with Crippen LogP contribution < -0.4 is 10.2 Å². The Morgan fingerprint density at radius 1 is 1.57 bits per heavy atom. The molecule has 0 fully saturated rings. The van der Waals surface area contributed by atoms with Crippen LogP contribution in [0.4, 0.5) is 0 Å². The van der Waals surface area contributed by atoms with Gasteiger partial charge in [0.1, 0.15) is 4.99 Å². The second-order valence-corrected chi connectivity index (χ2v) is 3.72. The number of benzene rings is 1. The first-order valence-corrected chi connectivity index (χ1v) is 4.82. The summed E-state index contributed by atoms with van der Waals surface area (Å²) in [6, 6.07) is 5.14. The van der Waals surface area contributed by atoms with Crippen molar-refractivity contribution in [3.63, 3.8) is 0 Å². The highest BCUT2D eigenvalue weighted by Crippen LogP contribution is 2.03. The van der Waals surface area contributed by atoms with Gasteiger partial charge in [-0.1, -0.05) is 24.4 Å². The van der Waals surface area contributed by atoms with Gasteiger partial charge in [0.25, 0.3) is 0 Å². The van der Waals surface area contributed by atoms with E-state index in [1.54, 1.807) is 18.2 Å². The second kappa shape index (κ2) is 4.56. The van der Waals surface area contributed by atoms with Crippen LogP contribution in [0.1, 0.15) is 15.9 Å². The van der Waals surface area contributed by atoms with E-state index >= 15 is 0 Å². The molecule has 0 aliphatic heterocycles. The van der Waals surface area contributed by atoms with Gasteiger partial charge in [0.2, 0.25) is 0 Å². The average Bonchev–Trinajstić information content (AvgIpc) is 2.17. The predicted octanol–water partition coefficient (Wildman–Crippen LogP) is -0.0988. The first-order chi connectivity index (χ1) is 6.56. The quantitative estimate of drug-likeness (QED) is 0.430. The van der Waals surface area contributed by atoms with Crippen molar-refractivity contribution in [2.75, 3.05) is 7.11 Å². The minimum atomic E-state index is -0.395. The Morgan fingerprint density at radius 3 is 2.71 bits per heavy atom. The predicted molar refractivity (Wildman–Crippen MR) is 59.1 cm³/mol. The van der Waals surface area contributed by atoms with Crippen LogP contribution in [0, 0.1) is 0 Å². The van der Waals surface area contributed by atoms with Crippen molar-refractivity contribution in [3.8, 4) is 0 Å². The lowest BCUT2D eigenvalue weighted by atomic mass is 10.1. The number of hydrogen-bond donors (Lipinski definition) is 1. The Morgan fingerprint density at radius 2 is 2.21 bits per heavy atom. The zero-order valence-electron chi connectivity index (χ0n) is 7.61. The molecule has 1 rings (SSSR count). The third kappa shape index (κ3) is 2.32. The minimum Gasteiger partial charge on any atom is -0.465 e. The molecule has 5 heteroatoms. The molecular weight excluding hydrogens is 213 g/mol. The van der Waals surface area contributed by atoms with Gasteiger partial charge >= 0.3 is 5.97 Å². The van der Waals surface area contributed by atoms with Crippen LogP contribution in [-0.2, 0) is 4.74 Å². The normalized spacial score (nSPS) is 9.50. The van der Waals surface area contributed by atoms with Crippen LogP contribution in [0.2, 0.25) is 0 Å². The molecule has 0 amide bonds. The fourth-order valence-corrected chi connectivity index (χ4v) is 1.42. The number of carbonyl (C=O) groups excluding carboxylic acids is 1. The zero-order valence-corrected chi connectivity index (χ0v) is 9.58. The Kier molecular flexibility index (Phi) is 3.64. The van der Waals surface area contributed by atoms with E-state index in [2.05, 4.69) is 21.0 Å². The summed E-state index contributed by atoms with van der Waals surface area (Å²) in [7, 11) is 1.33. The van der Waals surface area contributed by atoms with E-state index in [9.17, 15) is 4.79 Å². The molecule has 0 spiro atoms. The number of carbonyl (C=O) groups is 1. The van der Waals surface area contributed by atoms with E-state index in [1.807, 2.05) is 0 Å². The molecule has 14 heavy (non-hydrogen) atoms. The van der Waals surface area contributed by atoms with E-state index < -0.39 is 5.97 Å². The highest BCUT2D eigenvalue weighted by atomic mass is 32.1. The summed E-state index contributed by atoms with van der Waals surface area (Å²) in [6.07, 6.45) is 0. The number of methoxy groups -OCH3 is 1. The largest absolute Gasteiger partial charge is 0.465 e. The lowest BCUT2D eigenvalue weighted by Gasteiger charge is -2.06. The standard InChI is InChI=1S/C9H8NO2S.Al/c1-12-9(11)7-4-2-3-6(5-7)8(10)13;/h2-3,5H,1H3,(H2,10,13);. The number of nitrogens with two attached hydrogens (primary N) is 1. The molecule has 1 aromatic carbocycles. The summed E-state index contributed by atoms with van der Waals surface area (Å²) in [6.45, 7) is 0. The molecule has 0 aromatic heterocycles. The topological polar surface area (TPSA) is 52.3 Å². The number of ether oxygens (including phenoxy) is 1. The van der Waals surface area contributed by atoms with E-state index in [1.165, 1.54) is 7.11 Å². The molecule has 0 heterocycles. The van der Waals surface area contributed by atoms with E-state index in [0.29, 0.717) is 11.1 Å². The van der Waals surface area contributed by atoms with Gasteiger partial charge in [-0.3, -0.25) is 0 Å². The third-order valence-corrected chi connectivity index (χ3v) is 2.48. The van der Waals surface area contributed by atoms with Crippen LogP contribution in [0.15, 0.2) is 18.2 Å². The summed E-state index contributed by atoms with van der Waals surface area (Å²) >= 11 is 7.26. The van der Waals surface area contributed by atoms with E-state index in [-0.39, 0.29) is 4.99 Å². The number of esters is 1. The van der Waals surface area contributed by atoms with Crippen molar-refractivity contribution < 1.29 is 9.53 Å². The zero-order chi connectivity index (χ0) is 10.7. The van der Waals surface area contributed by atoms with E-state index in [0.717, 1.165) is 4.43 Å². The van der Waals surface area contributed by atoms with Gasteiger partial charge in [-0.05, 0) is 6.07 Å². The Hall–Kier alpha value is -0.888. The Balaban J connectivity index is 3.21. The fraction of sp³-hybridized carbons (Fsp3) is 0.111. The molecular formula is C9H8AlNO2S. The van der Waals surface area contributed by atoms with Gasteiger partial charge in [0, 0.05) is 11.1 Å². The summed E-state index contributed by atoms with van der Waals surface area (Å²) < 4.78 is 5.38. The van der Waals surface area contributed by atoms with Gasteiger partial charge in [0.05, 0.1) is 7.11 Å². The van der Waals surface area contributed by atoms with Crippen molar-refractivity contribution >= 4 is 43.9 Å². The molecule has 0 bridgehead atoms. The molecule has 70 valence electrons. The fourth-order valence-electron chi connectivity index (χ4n) is 0.996. The number of thiocarbonyl (C=S) groups is 1. The van der Waals surface area contributed by atoms with Crippen LogP contribution in [0.3, 0.4) is 0 Å². The molecule has 0 aliphatic rings. The minimum absolute atomic E-state index is 0.264. The maximum atomic E-state index is 11.3. The number of rotatable bonds is 2. The lowest BCUT2D eigenvalue weighted by molar-refractivity contribution is 0.0602. The first-order valence-electron chi connectivity index (χ1n) is 3.84. The summed E-state index contributed by atoms with van der Waals surface area (Å²) in [5, 5.41) is 0. The summed E-state index contributed by atoms with van der Waals surface area (Å²) in [5.74, 6) is -0.395. The van der Waals surface area contributed by atoms with Crippen molar-refractivity contribution in [2.45, 2.75) is 0 Å². The van der Waals surface area contributed by atoms with Gasteiger partial charge < -0.3 is 10.5 Å². The SMILES string of the molecule is COC(=O)c1cc(C(N)=S)cc[c]1[Al]. The van der Waals surface area contributed by atoms with Gasteiger partial charge in [0.15, 0.2) is 16.3 Å². The summed E-state index contributed by atoms with van der Waals surface area (Å²) in [5.41, 5.74) is 6.57. The van der Waals surface area contributed by atoms with Crippen LogP contribution in [0.5, 0.6) is 0 Å². The van der Waals surface area contributed by atoms with Crippen LogP contribution in [-0.4, -0.2) is 34.4 Å². The van der Waals surface area contributed by atoms with Crippen LogP contribution in [0.25, 0.3) is 0 Å². The second-order valence-electron chi connectivity index (χ2n) is 2.66. The molecule has 2 N–H and O–H groups in total. The maximum absolute atomic E-state index is 11.3. The monoisotopic (exact) mass is 221 g/mol. The average molecular weight is 221 g/mol. The molecule has 0 aliphatic carbocycles. The van der Waals surface area contributed by atoms with Crippen molar-refractivity contribution in [1.82, 2.24) is 0 Å². The highest BCUT2D eigenvalue weighted by molar-refractivity contribution is 7.80. The lowest BCUT2D eigenvalue weighted by Crippen LogP contribution is -2.19. The van der Waals surface area contributed by atoms with Crippen molar-refractivity contribution in [3.05, 3.63) is 29.3 Å². The van der Waals surface area contributed by atoms with Gasteiger partial charge in [-0.15, -0.1) is 4.43 Å². The summed E-state index contributed by atoms with van der Waals surface area (Å²) in [4.78, 5) is 11.6. The molecule has 2 radical (unpaired) electrons. The molecule has 0 atom stereocenters. The third-order valence-electron chi connectivity index (χ3n) is 1.74. The molecule has 0 saturated heterocycles. The van der Waals surface area contributed by atoms with E-state index in [4.69, 9.17) is 18.0 Å². The van der Waals surface area contributed by atoms with Gasteiger partial charge in [-0.25, -0.2) is 4.79 Å². The van der Waals surface area contributed by atoms with Gasteiger partial charge in [-0.2, -0.15) is 0 Å². The maximum Gasteiger partial charge on any atom is 0.336 e. The Bertz CT molecular complexity index is 392. The number of hydrogen-bond acceptors (Lipinski definition) is 3. The van der Waals surface area contributed by atoms with Crippen molar-refractivity contribution in [2.24, 2.45) is 5.73 Å². The van der Waals surface area contributed by atoms with Crippen LogP contribution >= 0.6 is 12.2 Å². The Labute approximate surface area is 95.7 Å². The molecule has 0 unspecified atom stereocenters. The molecule has 0 saturated carbocycles.